The van der Waals surface area contributed by atoms with Crippen molar-refractivity contribution in [2.24, 2.45) is 5.92 Å². The summed E-state index contributed by atoms with van der Waals surface area (Å²) in [5.74, 6) is -1.27. The minimum atomic E-state index is -1.04. The molecule has 0 aliphatic rings. The zero-order valence-electron chi connectivity index (χ0n) is 12.0. The Kier molecular flexibility index (Phi) is 5.39. The molecular weight excluding hydrogens is 280 g/mol. The first-order chi connectivity index (χ1) is 9.25. The van der Waals surface area contributed by atoms with Crippen molar-refractivity contribution in [2.75, 3.05) is 19.0 Å². The predicted octanol–water partition coefficient (Wildman–Crippen LogP) is 2.94. The van der Waals surface area contributed by atoms with E-state index in [4.69, 9.17) is 11.6 Å². The molecule has 0 aromatic heterocycles. The van der Waals surface area contributed by atoms with Gasteiger partial charge in [0.2, 0.25) is 0 Å². The number of halogens is 1. The minimum absolute atomic E-state index is 0.230. The van der Waals surface area contributed by atoms with Crippen LogP contribution in [0.3, 0.4) is 0 Å². The van der Waals surface area contributed by atoms with E-state index in [1.54, 1.807) is 52.2 Å². The number of nitrogens with zero attached hydrogens (tertiary/aromatic N) is 2. The SMILES string of the molecule is CC(C)C(C(=O)O)N(C(=O)N(C)C)c1ccc(Cl)cc1. The minimum Gasteiger partial charge on any atom is -0.480 e. The molecule has 6 heteroatoms. The van der Waals surface area contributed by atoms with E-state index in [2.05, 4.69) is 0 Å². The Morgan fingerprint density at radius 3 is 2.00 bits per heavy atom. The zero-order chi connectivity index (χ0) is 15.4. The Hall–Kier alpha value is -1.75. The van der Waals surface area contributed by atoms with Crippen molar-refractivity contribution in [3.63, 3.8) is 0 Å². The number of carboxylic acids is 1. The first-order valence-corrected chi connectivity index (χ1v) is 6.62. The summed E-state index contributed by atoms with van der Waals surface area (Å²) in [6.45, 7) is 3.54. The van der Waals surface area contributed by atoms with E-state index in [9.17, 15) is 14.7 Å². The van der Waals surface area contributed by atoms with Crippen LogP contribution in [-0.4, -0.2) is 42.1 Å². The van der Waals surface area contributed by atoms with Crippen LogP contribution in [0.1, 0.15) is 13.8 Å². The molecule has 1 N–H and O–H groups in total. The van der Waals surface area contributed by atoms with Gasteiger partial charge in [0.1, 0.15) is 6.04 Å². The molecule has 1 aromatic rings. The monoisotopic (exact) mass is 298 g/mol. The molecule has 1 unspecified atom stereocenters. The number of hydrogen-bond donors (Lipinski definition) is 1. The van der Waals surface area contributed by atoms with Gasteiger partial charge < -0.3 is 10.0 Å². The lowest BCUT2D eigenvalue weighted by atomic mass is 10.0. The Labute approximate surface area is 123 Å². The molecule has 0 heterocycles. The van der Waals surface area contributed by atoms with Crippen molar-refractivity contribution in [3.8, 4) is 0 Å². The predicted molar refractivity (Wildman–Crippen MR) is 79.3 cm³/mol. The van der Waals surface area contributed by atoms with Gasteiger partial charge in [0.05, 0.1) is 0 Å². The lowest BCUT2D eigenvalue weighted by molar-refractivity contribution is -0.139. The van der Waals surface area contributed by atoms with Gasteiger partial charge in [0, 0.05) is 24.8 Å². The van der Waals surface area contributed by atoms with E-state index >= 15 is 0 Å². The molecule has 0 bridgehead atoms. The normalized spacial score (nSPS) is 12.1. The molecule has 0 aliphatic heterocycles. The Morgan fingerprint density at radius 2 is 1.65 bits per heavy atom. The van der Waals surface area contributed by atoms with Crippen LogP contribution in [0.2, 0.25) is 5.02 Å². The fourth-order valence-corrected chi connectivity index (χ4v) is 2.03. The summed E-state index contributed by atoms with van der Waals surface area (Å²) < 4.78 is 0. The summed E-state index contributed by atoms with van der Waals surface area (Å²) >= 11 is 5.83. The van der Waals surface area contributed by atoms with Gasteiger partial charge >= 0.3 is 12.0 Å². The maximum atomic E-state index is 12.3. The topological polar surface area (TPSA) is 60.9 Å². The van der Waals surface area contributed by atoms with Gasteiger partial charge in [-0.2, -0.15) is 0 Å². The van der Waals surface area contributed by atoms with Crippen LogP contribution in [0.4, 0.5) is 10.5 Å². The third kappa shape index (κ3) is 3.63. The molecule has 0 spiro atoms. The van der Waals surface area contributed by atoms with Crippen molar-refractivity contribution in [2.45, 2.75) is 19.9 Å². The second kappa shape index (κ2) is 6.61. The lowest BCUT2D eigenvalue weighted by Crippen LogP contribution is -2.52. The molecule has 0 radical (unpaired) electrons. The van der Waals surface area contributed by atoms with Crippen LogP contribution in [0, 0.1) is 5.92 Å². The number of carboxylic acid groups (broad SMARTS) is 1. The van der Waals surface area contributed by atoms with Crippen molar-refractivity contribution >= 4 is 29.3 Å². The van der Waals surface area contributed by atoms with E-state index in [0.717, 1.165) is 0 Å². The third-order valence-corrected chi connectivity index (χ3v) is 3.11. The standard InChI is InChI=1S/C14H19ClN2O3/c1-9(2)12(13(18)19)17(14(20)16(3)4)11-7-5-10(15)6-8-11/h5-9,12H,1-4H3,(H,18,19). The average Bonchev–Trinajstić information content (AvgIpc) is 2.35. The second-order valence-electron chi connectivity index (χ2n) is 5.05. The Balaban J connectivity index is 3.30. The molecule has 1 rings (SSSR count). The number of carbonyl (C=O) groups is 2. The zero-order valence-corrected chi connectivity index (χ0v) is 12.8. The number of aliphatic carboxylic acids is 1. The fraction of sp³-hybridized carbons (Fsp3) is 0.429. The summed E-state index contributed by atoms with van der Waals surface area (Å²) in [7, 11) is 3.18. The lowest BCUT2D eigenvalue weighted by Gasteiger charge is -2.33. The fourth-order valence-electron chi connectivity index (χ4n) is 1.90. The van der Waals surface area contributed by atoms with Crippen molar-refractivity contribution in [3.05, 3.63) is 29.3 Å². The molecule has 20 heavy (non-hydrogen) atoms. The van der Waals surface area contributed by atoms with Crippen LogP contribution in [0.15, 0.2) is 24.3 Å². The average molecular weight is 299 g/mol. The molecule has 0 saturated carbocycles. The summed E-state index contributed by atoms with van der Waals surface area (Å²) in [6, 6.07) is 5.22. The summed E-state index contributed by atoms with van der Waals surface area (Å²) in [5, 5.41) is 9.95. The highest BCUT2D eigenvalue weighted by atomic mass is 35.5. The Morgan fingerprint density at radius 1 is 1.15 bits per heavy atom. The van der Waals surface area contributed by atoms with Gasteiger partial charge in [-0.3, -0.25) is 4.90 Å². The molecule has 0 aliphatic carbocycles. The Bertz CT molecular complexity index is 486. The molecule has 5 nitrogen and oxygen atoms in total. The molecule has 0 fully saturated rings. The first kappa shape index (κ1) is 16.3. The molecule has 110 valence electrons. The maximum Gasteiger partial charge on any atom is 0.327 e. The van der Waals surface area contributed by atoms with E-state index in [0.29, 0.717) is 10.7 Å². The highest BCUT2D eigenvalue weighted by Crippen LogP contribution is 2.24. The number of hydrogen-bond acceptors (Lipinski definition) is 2. The van der Waals surface area contributed by atoms with Crippen LogP contribution >= 0.6 is 11.6 Å². The van der Waals surface area contributed by atoms with Gasteiger partial charge in [-0.1, -0.05) is 25.4 Å². The largest absolute Gasteiger partial charge is 0.480 e. The van der Waals surface area contributed by atoms with Crippen LogP contribution in [0.25, 0.3) is 0 Å². The number of amides is 2. The van der Waals surface area contributed by atoms with Gasteiger partial charge in [-0.25, -0.2) is 9.59 Å². The number of rotatable bonds is 4. The number of carbonyl (C=O) groups excluding carboxylic acids is 1. The molecule has 0 saturated heterocycles. The second-order valence-corrected chi connectivity index (χ2v) is 5.49. The quantitative estimate of drug-likeness (QED) is 0.929. The van der Waals surface area contributed by atoms with Crippen molar-refractivity contribution < 1.29 is 14.7 Å². The maximum absolute atomic E-state index is 12.3. The van der Waals surface area contributed by atoms with Crippen molar-refractivity contribution in [1.82, 2.24) is 4.90 Å². The van der Waals surface area contributed by atoms with Gasteiger partial charge in [-0.15, -0.1) is 0 Å². The van der Waals surface area contributed by atoms with E-state index in [1.165, 1.54) is 9.80 Å². The summed E-state index contributed by atoms with van der Waals surface area (Å²) in [5.41, 5.74) is 0.509. The van der Waals surface area contributed by atoms with Gasteiger partial charge in [0.15, 0.2) is 0 Å². The van der Waals surface area contributed by atoms with Gasteiger partial charge in [0.25, 0.3) is 0 Å². The molecular formula is C14H19ClN2O3. The number of urea groups is 1. The summed E-state index contributed by atoms with van der Waals surface area (Å²) in [6.07, 6.45) is 0. The van der Waals surface area contributed by atoms with E-state index < -0.39 is 12.0 Å². The number of anilines is 1. The van der Waals surface area contributed by atoms with Gasteiger partial charge in [-0.05, 0) is 30.2 Å². The molecule has 2 amide bonds. The summed E-state index contributed by atoms with van der Waals surface area (Å²) in [4.78, 5) is 26.5. The third-order valence-electron chi connectivity index (χ3n) is 2.86. The van der Waals surface area contributed by atoms with Crippen LogP contribution in [0.5, 0.6) is 0 Å². The van der Waals surface area contributed by atoms with Crippen LogP contribution in [-0.2, 0) is 4.79 Å². The molecule has 1 aromatic carbocycles. The van der Waals surface area contributed by atoms with Crippen molar-refractivity contribution in [1.29, 1.82) is 0 Å². The number of benzene rings is 1. The van der Waals surface area contributed by atoms with Crippen LogP contribution < -0.4 is 4.90 Å². The first-order valence-electron chi connectivity index (χ1n) is 6.24. The smallest absolute Gasteiger partial charge is 0.327 e. The molecule has 1 atom stereocenters. The van der Waals surface area contributed by atoms with E-state index in [1.807, 2.05) is 0 Å². The van der Waals surface area contributed by atoms with E-state index in [-0.39, 0.29) is 11.9 Å². The highest BCUT2D eigenvalue weighted by molar-refractivity contribution is 6.30. The highest BCUT2D eigenvalue weighted by Gasteiger charge is 2.34.